The predicted octanol–water partition coefficient (Wildman–Crippen LogP) is 9.45. The number of carbonyl (C=O) groups excluding carboxylic acids is 1. The van der Waals surface area contributed by atoms with E-state index >= 15 is 0 Å². The molecule has 3 atom stereocenters. The van der Waals surface area contributed by atoms with Crippen LogP contribution >= 0.6 is 15.9 Å². The zero-order chi connectivity index (χ0) is 24.6. The van der Waals surface area contributed by atoms with E-state index in [2.05, 4.69) is 110 Å². The zero-order valence-electron chi connectivity index (χ0n) is 21.4. The molecule has 0 rings (SSSR count). The van der Waals surface area contributed by atoms with Crippen molar-refractivity contribution in [2.75, 3.05) is 7.11 Å². The second-order valence-electron chi connectivity index (χ2n) is 8.61. The summed E-state index contributed by atoms with van der Waals surface area (Å²) in [5.41, 5.74) is 0. The van der Waals surface area contributed by atoms with Crippen molar-refractivity contribution in [2.24, 2.45) is 11.8 Å². The van der Waals surface area contributed by atoms with E-state index in [1.165, 1.54) is 7.11 Å². The summed E-state index contributed by atoms with van der Waals surface area (Å²) in [5, 5.41) is 0. The second-order valence-corrected chi connectivity index (χ2v) is 9.78. The van der Waals surface area contributed by atoms with Crippen molar-refractivity contribution in [3.05, 3.63) is 72.9 Å². The van der Waals surface area contributed by atoms with Gasteiger partial charge in [0.05, 0.1) is 7.11 Å². The first-order valence-electron chi connectivity index (χ1n) is 12.6. The molecule has 0 amide bonds. The highest BCUT2D eigenvalue weighted by Crippen LogP contribution is 2.26. The first-order chi connectivity index (χ1) is 16.0. The van der Waals surface area contributed by atoms with Gasteiger partial charge in [0, 0.05) is 11.2 Å². The molecule has 0 aliphatic heterocycles. The van der Waals surface area contributed by atoms with Crippen molar-refractivity contribution in [1.29, 1.82) is 0 Å². The molecule has 0 aliphatic carbocycles. The van der Waals surface area contributed by atoms with Gasteiger partial charge in [0.25, 0.3) is 0 Å². The van der Waals surface area contributed by atoms with Crippen LogP contribution in [0.15, 0.2) is 72.9 Å². The molecule has 0 spiro atoms. The summed E-state index contributed by atoms with van der Waals surface area (Å²) in [5.74, 6) is 0.793. The third-order valence-corrected chi connectivity index (χ3v) is 6.70. The lowest BCUT2D eigenvalue weighted by atomic mass is 9.91. The Hall–Kier alpha value is -1.61. The molecular formula is C30H47BrO2. The van der Waals surface area contributed by atoms with Crippen LogP contribution in [0, 0.1) is 11.8 Å². The Balaban J connectivity index is 3.77. The van der Waals surface area contributed by atoms with Crippen molar-refractivity contribution in [3.8, 4) is 0 Å². The molecule has 2 nitrogen and oxygen atoms in total. The molecule has 3 heteroatoms. The monoisotopic (exact) mass is 518 g/mol. The summed E-state index contributed by atoms with van der Waals surface area (Å²) < 4.78 is 4.76. The van der Waals surface area contributed by atoms with Crippen LogP contribution in [0.4, 0.5) is 0 Å². The van der Waals surface area contributed by atoms with Gasteiger partial charge in [-0.3, -0.25) is 4.79 Å². The maximum Gasteiger partial charge on any atom is 0.305 e. The van der Waals surface area contributed by atoms with Crippen LogP contribution in [0.5, 0.6) is 0 Å². The fraction of sp³-hybridized carbons (Fsp3) is 0.567. The smallest absolute Gasteiger partial charge is 0.305 e. The van der Waals surface area contributed by atoms with Gasteiger partial charge in [0.1, 0.15) is 0 Å². The molecule has 0 saturated carbocycles. The van der Waals surface area contributed by atoms with Crippen LogP contribution in [0.2, 0.25) is 0 Å². The van der Waals surface area contributed by atoms with Gasteiger partial charge in [-0.05, 0) is 69.6 Å². The number of rotatable bonds is 19. The number of alkyl halides is 1. The van der Waals surface area contributed by atoms with Gasteiger partial charge < -0.3 is 4.74 Å². The van der Waals surface area contributed by atoms with Crippen molar-refractivity contribution >= 4 is 21.9 Å². The third kappa shape index (κ3) is 22.0. The Kier molecular flexibility index (Phi) is 22.4. The molecule has 0 bridgehead atoms. The van der Waals surface area contributed by atoms with Crippen molar-refractivity contribution in [3.63, 3.8) is 0 Å². The Bertz CT molecular complexity index is 640. The minimum absolute atomic E-state index is 0.112. The van der Waals surface area contributed by atoms with Gasteiger partial charge in [-0.2, -0.15) is 0 Å². The summed E-state index contributed by atoms with van der Waals surface area (Å²) in [6.07, 6.45) is 36.7. The molecule has 33 heavy (non-hydrogen) atoms. The number of ether oxygens (including phenoxy) is 1. The van der Waals surface area contributed by atoms with Crippen molar-refractivity contribution in [2.45, 2.75) is 89.8 Å². The van der Waals surface area contributed by atoms with Crippen LogP contribution in [0.1, 0.15) is 85.0 Å². The SMILES string of the molecule is CC/C=C\C/C=C\C/C=C\C/C=C\C/C=C\C/C=C\CCC(Br)C(C)CC(C)CC(=O)OC. The van der Waals surface area contributed by atoms with Crippen LogP contribution in [-0.4, -0.2) is 17.9 Å². The minimum Gasteiger partial charge on any atom is -0.469 e. The number of carbonyl (C=O) groups is 1. The summed E-state index contributed by atoms with van der Waals surface area (Å²) in [6.45, 7) is 6.54. The molecule has 0 N–H and O–H groups in total. The number of hydrogen-bond acceptors (Lipinski definition) is 2. The lowest BCUT2D eigenvalue weighted by Crippen LogP contribution is -2.16. The van der Waals surface area contributed by atoms with E-state index in [1.54, 1.807) is 0 Å². The normalized spacial score (nSPS) is 15.7. The summed E-state index contributed by atoms with van der Waals surface area (Å²) in [7, 11) is 1.46. The Morgan fingerprint density at radius 1 is 0.758 bits per heavy atom. The van der Waals surface area contributed by atoms with E-state index in [4.69, 9.17) is 4.74 Å². The van der Waals surface area contributed by atoms with E-state index in [9.17, 15) is 4.79 Å². The average Bonchev–Trinajstić information content (AvgIpc) is 2.80. The summed E-state index contributed by atoms with van der Waals surface area (Å²) in [6, 6.07) is 0. The molecule has 0 saturated heterocycles. The number of methoxy groups -OCH3 is 1. The van der Waals surface area contributed by atoms with Gasteiger partial charge in [-0.1, -0.05) is 110 Å². The van der Waals surface area contributed by atoms with Crippen molar-refractivity contribution < 1.29 is 9.53 Å². The predicted molar refractivity (Wildman–Crippen MR) is 150 cm³/mol. The maximum atomic E-state index is 11.4. The minimum atomic E-state index is -0.112. The van der Waals surface area contributed by atoms with Crippen LogP contribution < -0.4 is 0 Å². The Morgan fingerprint density at radius 3 is 1.61 bits per heavy atom. The Morgan fingerprint density at radius 2 is 1.18 bits per heavy atom. The highest BCUT2D eigenvalue weighted by molar-refractivity contribution is 9.09. The summed E-state index contributed by atoms with van der Waals surface area (Å²) in [4.78, 5) is 11.9. The third-order valence-electron chi connectivity index (χ3n) is 5.34. The van der Waals surface area contributed by atoms with Crippen molar-refractivity contribution in [1.82, 2.24) is 0 Å². The van der Waals surface area contributed by atoms with E-state index in [0.717, 1.165) is 57.8 Å². The van der Waals surface area contributed by atoms with Crippen LogP contribution in [-0.2, 0) is 9.53 Å². The molecule has 0 aromatic heterocycles. The van der Waals surface area contributed by atoms with Gasteiger partial charge in [-0.25, -0.2) is 0 Å². The van der Waals surface area contributed by atoms with Crippen LogP contribution in [0.3, 0.4) is 0 Å². The molecule has 3 unspecified atom stereocenters. The first-order valence-corrected chi connectivity index (χ1v) is 13.5. The van der Waals surface area contributed by atoms with E-state index < -0.39 is 0 Å². The fourth-order valence-electron chi connectivity index (χ4n) is 3.41. The molecule has 0 fully saturated rings. The standard InChI is InChI=1S/C30H47BrO2/c1-5-6-7-8-9-10-11-12-13-14-15-16-17-18-19-20-21-22-23-24-29(31)28(3)25-27(2)26-30(32)33-4/h6-7,9-10,12-13,15-16,18-19,21-22,27-29H,5,8,11,14,17,20,23-26H2,1-4H3/b7-6-,10-9-,13-12-,16-15-,19-18-,22-21-. The van der Waals surface area contributed by atoms with Crippen LogP contribution in [0.25, 0.3) is 0 Å². The average molecular weight is 520 g/mol. The molecule has 0 radical (unpaired) electrons. The molecule has 0 aromatic carbocycles. The second kappa shape index (κ2) is 23.5. The molecule has 0 aliphatic rings. The molecule has 0 aromatic rings. The molecule has 186 valence electrons. The van der Waals surface area contributed by atoms with Gasteiger partial charge >= 0.3 is 5.97 Å². The van der Waals surface area contributed by atoms with E-state index in [1.807, 2.05) is 0 Å². The van der Waals surface area contributed by atoms with Gasteiger partial charge in [0.2, 0.25) is 0 Å². The lowest BCUT2D eigenvalue weighted by Gasteiger charge is -2.21. The van der Waals surface area contributed by atoms with E-state index in [0.29, 0.717) is 23.1 Å². The number of esters is 1. The first kappa shape index (κ1) is 31.4. The molecule has 0 heterocycles. The quantitative estimate of drug-likeness (QED) is 0.0965. The fourth-order valence-corrected chi connectivity index (χ4v) is 3.89. The number of allylic oxidation sites excluding steroid dienone is 12. The number of halogens is 1. The Labute approximate surface area is 212 Å². The van der Waals surface area contributed by atoms with E-state index in [-0.39, 0.29) is 5.97 Å². The topological polar surface area (TPSA) is 26.3 Å². The van der Waals surface area contributed by atoms with Gasteiger partial charge in [0.15, 0.2) is 0 Å². The molecular weight excluding hydrogens is 472 g/mol. The maximum absolute atomic E-state index is 11.4. The highest BCUT2D eigenvalue weighted by Gasteiger charge is 2.18. The highest BCUT2D eigenvalue weighted by atomic mass is 79.9. The number of hydrogen-bond donors (Lipinski definition) is 0. The largest absolute Gasteiger partial charge is 0.469 e. The zero-order valence-corrected chi connectivity index (χ0v) is 23.0. The summed E-state index contributed by atoms with van der Waals surface area (Å²) >= 11 is 3.83. The lowest BCUT2D eigenvalue weighted by molar-refractivity contribution is -0.141. The van der Waals surface area contributed by atoms with Gasteiger partial charge in [-0.15, -0.1) is 0 Å².